The second-order valence-electron chi connectivity index (χ2n) is 4.48. The average Bonchev–Trinajstić information content (AvgIpc) is 2.27. The van der Waals surface area contributed by atoms with Crippen LogP contribution in [-0.4, -0.2) is 17.1 Å². The van der Waals surface area contributed by atoms with Gasteiger partial charge in [-0.3, -0.25) is 4.98 Å². The van der Waals surface area contributed by atoms with Gasteiger partial charge in [-0.25, -0.2) is 0 Å². The van der Waals surface area contributed by atoms with Crippen molar-refractivity contribution in [3.8, 4) is 0 Å². The predicted molar refractivity (Wildman–Crippen MR) is 66.4 cm³/mol. The summed E-state index contributed by atoms with van der Waals surface area (Å²) >= 11 is 0. The van der Waals surface area contributed by atoms with Crippen LogP contribution in [0.15, 0.2) is 36.5 Å². The highest BCUT2D eigenvalue weighted by Crippen LogP contribution is 2.24. The molecule has 1 aromatic heterocycles. The zero-order valence-corrected chi connectivity index (χ0v) is 9.06. The van der Waals surface area contributed by atoms with Crippen molar-refractivity contribution in [1.82, 2.24) is 4.98 Å². The van der Waals surface area contributed by atoms with Gasteiger partial charge in [0.25, 0.3) is 0 Å². The molecule has 3 nitrogen and oxygen atoms in total. The minimum absolute atomic E-state index is 0.389. The Labute approximate surface area is 94.7 Å². The fourth-order valence-corrected chi connectivity index (χ4v) is 2.18. The smallest absolute Gasteiger partial charge is 0.0703 e. The van der Waals surface area contributed by atoms with Crippen molar-refractivity contribution in [2.45, 2.75) is 24.9 Å². The van der Waals surface area contributed by atoms with Gasteiger partial charge in [0, 0.05) is 29.4 Å². The average molecular weight is 213 g/mol. The van der Waals surface area contributed by atoms with Crippen molar-refractivity contribution in [2.24, 2.45) is 5.73 Å². The number of hydrogen-bond donors (Lipinski definition) is 2. The molecule has 0 unspecified atom stereocenters. The topological polar surface area (TPSA) is 50.9 Å². The lowest BCUT2D eigenvalue weighted by molar-refractivity contribution is 0.374. The van der Waals surface area contributed by atoms with Gasteiger partial charge in [0.05, 0.1) is 5.52 Å². The van der Waals surface area contributed by atoms with E-state index in [1.807, 2.05) is 12.3 Å². The molecule has 1 fully saturated rings. The first-order valence-electron chi connectivity index (χ1n) is 5.68. The number of anilines is 1. The summed E-state index contributed by atoms with van der Waals surface area (Å²) < 4.78 is 0. The van der Waals surface area contributed by atoms with Gasteiger partial charge >= 0.3 is 0 Å². The molecule has 16 heavy (non-hydrogen) atoms. The van der Waals surface area contributed by atoms with E-state index in [1.165, 1.54) is 5.39 Å². The van der Waals surface area contributed by atoms with E-state index < -0.39 is 0 Å². The number of rotatable bonds is 2. The van der Waals surface area contributed by atoms with Crippen molar-refractivity contribution in [3.05, 3.63) is 36.5 Å². The molecule has 3 rings (SSSR count). The molecule has 0 aliphatic heterocycles. The minimum Gasteiger partial charge on any atom is -0.382 e. The Kier molecular flexibility index (Phi) is 2.26. The first-order chi connectivity index (χ1) is 7.81. The summed E-state index contributed by atoms with van der Waals surface area (Å²) in [6.07, 6.45) is 3.97. The summed E-state index contributed by atoms with van der Waals surface area (Å²) in [6.45, 7) is 0. The Morgan fingerprint density at radius 1 is 1.25 bits per heavy atom. The standard InChI is InChI=1S/C13H15N3/c14-10-7-12(8-10)16-11-3-4-13-9(6-11)2-1-5-15-13/h1-6,10,12,16H,7-8,14H2. The molecule has 1 aliphatic rings. The van der Waals surface area contributed by atoms with E-state index in [9.17, 15) is 0 Å². The maximum Gasteiger partial charge on any atom is 0.0703 e. The quantitative estimate of drug-likeness (QED) is 0.803. The molecular formula is C13H15N3. The molecule has 3 N–H and O–H groups in total. The van der Waals surface area contributed by atoms with E-state index in [0.717, 1.165) is 24.0 Å². The minimum atomic E-state index is 0.389. The van der Waals surface area contributed by atoms with Gasteiger partial charge in [0.2, 0.25) is 0 Å². The van der Waals surface area contributed by atoms with E-state index in [-0.39, 0.29) is 0 Å². The largest absolute Gasteiger partial charge is 0.382 e. The lowest BCUT2D eigenvalue weighted by Crippen LogP contribution is -2.44. The van der Waals surface area contributed by atoms with E-state index in [2.05, 4.69) is 34.6 Å². The van der Waals surface area contributed by atoms with Gasteiger partial charge in [-0.2, -0.15) is 0 Å². The summed E-state index contributed by atoms with van der Waals surface area (Å²) in [6, 6.07) is 11.3. The van der Waals surface area contributed by atoms with E-state index in [0.29, 0.717) is 12.1 Å². The Balaban J connectivity index is 1.82. The molecule has 82 valence electrons. The van der Waals surface area contributed by atoms with E-state index in [4.69, 9.17) is 5.73 Å². The number of nitrogens with zero attached hydrogens (tertiary/aromatic N) is 1. The van der Waals surface area contributed by atoms with Crippen LogP contribution in [0.5, 0.6) is 0 Å². The van der Waals surface area contributed by atoms with Crippen molar-refractivity contribution in [3.63, 3.8) is 0 Å². The molecule has 1 aliphatic carbocycles. The molecule has 0 spiro atoms. The molecular weight excluding hydrogens is 198 g/mol. The van der Waals surface area contributed by atoms with Crippen LogP contribution in [0.4, 0.5) is 5.69 Å². The number of benzene rings is 1. The van der Waals surface area contributed by atoms with Gasteiger partial charge < -0.3 is 11.1 Å². The van der Waals surface area contributed by atoms with Crippen LogP contribution in [0.25, 0.3) is 10.9 Å². The van der Waals surface area contributed by atoms with Crippen LogP contribution in [-0.2, 0) is 0 Å². The van der Waals surface area contributed by atoms with Crippen LogP contribution in [0.2, 0.25) is 0 Å². The van der Waals surface area contributed by atoms with Crippen molar-refractivity contribution >= 4 is 16.6 Å². The zero-order valence-electron chi connectivity index (χ0n) is 9.06. The highest BCUT2D eigenvalue weighted by Gasteiger charge is 2.25. The molecule has 1 saturated carbocycles. The van der Waals surface area contributed by atoms with Crippen LogP contribution in [0.1, 0.15) is 12.8 Å². The second kappa shape index (κ2) is 3.76. The highest BCUT2D eigenvalue weighted by molar-refractivity contribution is 5.82. The molecule has 1 heterocycles. The third-order valence-electron chi connectivity index (χ3n) is 3.15. The third-order valence-corrected chi connectivity index (χ3v) is 3.15. The van der Waals surface area contributed by atoms with Gasteiger partial charge in [0.15, 0.2) is 0 Å². The Morgan fingerprint density at radius 3 is 2.94 bits per heavy atom. The van der Waals surface area contributed by atoms with Gasteiger partial charge in [0.1, 0.15) is 0 Å². The third kappa shape index (κ3) is 1.74. The number of pyridine rings is 1. The van der Waals surface area contributed by atoms with Crippen LogP contribution in [0, 0.1) is 0 Å². The summed E-state index contributed by atoms with van der Waals surface area (Å²) in [5.74, 6) is 0. The highest BCUT2D eigenvalue weighted by atomic mass is 15.0. The first-order valence-corrected chi connectivity index (χ1v) is 5.68. The fraction of sp³-hybridized carbons (Fsp3) is 0.308. The van der Waals surface area contributed by atoms with Crippen LogP contribution in [0.3, 0.4) is 0 Å². The second-order valence-corrected chi connectivity index (χ2v) is 4.48. The van der Waals surface area contributed by atoms with Crippen molar-refractivity contribution < 1.29 is 0 Å². The normalized spacial score (nSPS) is 24.1. The number of hydrogen-bond acceptors (Lipinski definition) is 3. The van der Waals surface area contributed by atoms with E-state index >= 15 is 0 Å². The molecule has 0 bridgehead atoms. The van der Waals surface area contributed by atoms with Crippen LogP contribution < -0.4 is 11.1 Å². The molecule has 0 saturated heterocycles. The monoisotopic (exact) mass is 213 g/mol. The summed E-state index contributed by atoms with van der Waals surface area (Å²) in [4.78, 5) is 4.30. The Bertz CT molecular complexity index is 503. The van der Waals surface area contributed by atoms with E-state index in [1.54, 1.807) is 0 Å². The summed E-state index contributed by atoms with van der Waals surface area (Å²) in [7, 11) is 0. The molecule has 0 amide bonds. The van der Waals surface area contributed by atoms with Gasteiger partial charge in [-0.05, 0) is 37.1 Å². The maximum atomic E-state index is 5.76. The first kappa shape index (κ1) is 9.60. The predicted octanol–water partition coefficient (Wildman–Crippen LogP) is 2.14. The molecule has 0 atom stereocenters. The molecule has 2 aromatic rings. The maximum absolute atomic E-state index is 5.76. The SMILES string of the molecule is NC1CC(Nc2ccc3ncccc3c2)C1. The number of fused-ring (bicyclic) bond motifs is 1. The molecule has 0 radical (unpaired) electrons. The summed E-state index contributed by atoms with van der Waals surface area (Å²) in [5.41, 5.74) is 7.97. The lowest BCUT2D eigenvalue weighted by atomic mass is 9.87. The number of nitrogens with one attached hydrogen (secondary N) is 1. The Morgan fingerprint density at radius 2 is 2.12 bits per heavy atom. The molecule has 1 aromatic carbocycles. The van der Waals surface area contributed by atoms with Crippen LogP contribution >= 0.6 is 0 Å². The van der Waals surface area contributed by atoms with Crippen molar-refractivity contribution in [2.75, 3.05) is 5.32 Å². The fourth-order valence-electron chi connectivity index (χ4n) is 2.18. The number of aromatic nitrogens is 1. The van der Waals surface area contributed by atoms with Gasteiger partial charge in [-0.15, -0.1) is 0 Å². The zero-order chi connectivity index (χ0) is 11.0. The summed E-state index contributed by atoms with van der Waals surface area (Å²) in [5, 5.41) is 4.67. The number of nitrogens with two attached hydrogens (primary N) is 1. The van der Waals surface area contributed by atoms with Gasteiger partial charge in [-0.1, -0.05) is 6.07 Å². The molecule has 3 heteroatoms. The Hall–Kier alpha value is -1.61. The lowest BCUT2D eigenvalue weighted by Gasteiger charge is -2.33. The van der Waals surface area contributed by atoms with Crippen molar-refractivity contribution in [1.29, 1.82) is 0 Å².